The Kier molecular flexibility index (Phi) is 6.69. The van der Waals surface area contributed by atoms with E-state index in [-0.39, 0.29) is 11.2 Å². The van der Waals surface area contributed by atoms with E-state index in [2.05, 4.69) is 60.7 Å². The first-order chi connectivity index (χ1) is 20.2. The third kappa shape index (κ3) is 4.64. The molecule has 2 atom stereocenters. The Morgan fingerprint density at radius 2 is 1.29 bits per heavy atom. The van der Waals surface area contributed by atoms with Gasteiger partial charge in [-0.1, -0.05) is 133 Å². The summed E-state index contributed by atoms with van der Waals surface area (Å²) in [5.41, 5.74) is 4.58. The molecule has 0 aromatic heterocycles. The number of hydrogen-bond donors (Lipinski definition) is 0. The van der Waals surface area contributed by atoms with Gasteiger partial charge in [0.05, 0.1) is 11.3 Å². The van der Waals surface area contributed by atoms with Crippen LogP contribution in [0.5, 0.6) is 0 Å². The van der Waals surface area contributed by atoms with Crippen LogP contribution < -0.4 is 4.90 Å². The van der Waals surface area contributed by atoms with Crippen molar-refractivity contribution in [3.05, 3.63) is 174 Å². The first-order valence-corrected chi connectivity index (χ1v) is 14.8. The summed E-state index contributed by atoms with van der Waals surface area (Å²) in [6, 6.07) is 49.3. The maximum absolute atomic E-state index is 15.1. The molecule has 0 N–H and O–H groups in total. The van der Waals surface area contributed by atoms with E-state index in [1.165, 1.54) is 5.56 Å². The Labute approximate surface area is 245 Å². The van der Waals surface area contributed by atoms with Gasteiger partial charge in [0.15, 0.2) is 0 Å². The van der Waals surface area contributed by atoms with Crippen LogP contribution in [0.3, 0.4) is 0 Å². The number of carbonyl (C=O) groups excluding carboxylic acids is 1. The van der Waals surface area contributed by atoms with Gasteiger partial charge in [0.2, 0.25) is 5.72 Å². The van der Waals surface area contributed by atoms with E-state index in [1.807, 2.05) is 89.8 Å². The number of fused-ring (bicyclic) bond motifs is 3. The second-order valence-electron chi connectivity index (χ2n) is 10.4. The molecule has 0 saturated carbocycles. The van der Waals surface area contributed by atoms with E-state index in [0.29, 0.717) is 24.2 Å². The average Bonchev–Trinajstić information content (AvgIpc) is 3.18. The highest BCUT2D eigenvalue weighted by molar-refractivity contribution is 7.99. The fourth-order valence-electron chi connectivity index (χ4n) is 5.97. The van der Waals surface area contributed by atoms with Crippen LogP contribution in [0.1, 0.15) is 33.9 Å². The molecule has 2 heterocycles. The number of allylic oxidation sites excluding steroid dienone is 1. The Morgan fingerprint density at radius 3 is 2.00 bits per heavy atom. The molecule has 41 heavy (non-hydrogen) atoms. The van der Waals surface area contributed by atoms with E-state index in [9.17, 15) is 0 Å². The maximum atomic E-state index is 15.1. The predicted molar refractivity (Wildman–Crippen MR) is 166 cm³/mol. The second-order valence-corrected chi connectivity index (χ2v) is 11.7. The van der Waals surface area contributed by atoms with Crippen LogP contribution in [0.15, 0.2) is 156 Å². The number of anilines is 1. The van der Waals surface area contributed by atoms with Gasteiger partial charge < -0.3 is 4.74 Å². The second kappa shape index (κ2) is 10.8. The van der Waals surface area contributed by atoms with Gasteiger partial charge in [-0.15, -0.1) is 11.8 Å². The van der Waals surface area contributed by atoms with Crippen molar-refractivity contribution in [2.75, 3.05) is 4.90 Å². The van der Waals surface area contributed by atoms with Crippen molar-refractivity contribution in [3.8, 4) is 0 Å². The summed E-state index contributed by atoms with van der Waals surface area (Å²) in [5, 5.41) is 0.0617. The highest BCUT2D eigenvalue weighted by atomic mass is 32.2. The molecular weight excluding hydrogens is 522 g/mol. The molecule has 1 amide bonds. The third-order valence-electron chi connectivity index (χ3n) is 7.85. The van der Waals surface area contributed by atoms with Gasteiger partial charge >= 0.3 is 0 Å². The average molecular weight is 552 g/mol. The number of para-hydroxylation sites is 1. The molecule has 0 bridgehead atoms. The molecule has 4 heteroatoms. The van der Waals surface area contributed by atoms with Crippen molar-refractivity contribution < 1.29 is 9.53 Å². The van der Waals surface area contributed by atoms with Crippen LogP contribution >= 0.6 is 11.8 Å². The highest BCUT2D eigenvalue weighted by Crippen LogP contribution is 2.57. The predicted octanol–water partition coefficient (Wildman–Crippen LogP) is 8.79. The van der Waals surface area contributed by atoms with E-state index in [1.54, 1.807) is 11.8 Å². The van der Waals surface area contributed by atoms with Gasteiger partial charge in [0, 0.05) is 28.6 Å². The van der Waals surface area contributed by atoms with Gasteiger partial charge in [0.1, 0.15) is 5.76 Å². The quantitative estimate of drug-likeness (QED) is 0.219. The number of benzene rings is 5. The number of rotatable bonds is 5. The molecule has 0 fully saturated rings. The number of amides is 1. The topological polar surface area (TPSA) is 29.5 Å². The summed E-state index contributed by atoms with van der Waals surface area (Å²) in [5.74, 6) is 0.655. The molecule has 3 nitrogen and oxygen atoms in total. The van der Waals surface area contributed by atoms with E-state index >= 15 is 4.79 Å². The molecule has 0 radical (unpaired) electrons. The molecule has 0 aliphatic carbocycles. The maximum Gasteiger partial charge on any atom is 0.265 e. The molecule has 2 unspecified atom stereocenters. The zero-order valence-corrected chi connectivity index (χ0v) is 23.3. The lowest BCUT2D eigenvalue weighted by atomic mass is 9.88. The molecule has 7 rings (SSSR count). The van der Waals surface area contributed by atoms with Crippen molar-refractivity contribution in [1.82, 2.24) is 0 Å². The summed E-state index contributed by atoms with van der Waals surface area (Å²) in [6.07, 6.45) is 1.11. The summed E-state index contributed by atoms with van der Waals surface area (Å²) < 4.78 is 7.37. The standard InChI is InChI=1S/C37H29NO2S/c39-36-35(29-19-9-3-10-20-29)32(25-27-15-5-1-6-16-27)40-37(30-21-11-4-12-22-30)26-34(28-17-7-2-8-18-28)41-33-24-14-13-23-31(33)38(36)37/h1-24,34H,25-26H2. The van der Waals surface area contributed by atoms with E-state index < -0.39 is 5.72 Å². The minimum atomic E-state index is -1.04. The van der Waals surface area contributed by atoms with Crippen LogP contribution in [0.25, 0.3) is 5.57 Å². The lowest BCUT2D eigenvalue weighted by Gasteiger charge is -2.48. The van der Waals surface area contributed by atoms with Crippen molar-refractivity contribution >= 4 is 28.9 Å². The van der Waals surface area contributed by atoms with E-state index in [0.717, 1.165) is 27.3 Å². The fourth-order valence-corrected chi connectivity index (χ4v) is 7.32. The van der Waals surface area contributed by atoms with Gasteiger partial charge in [-0.3, -0.25) is 9.69 Å². The van der Waals surface area contributed by atoms with E-state index in [4.69, 9.17) is 4.74 Å². The molecule has 200 valence electrons. The SMILES string of the molecule is O=C1C(c2ccccc2)=C(Cc2ccccc2)OC2(c3ccccc3)CC(c3ccccc3)Sc3ccccc3N12. The third-order valence-corrected chi connectivity index (χ3v) is 9.18. The Hall–Kier alpha value is -4.54. The lowest BCUT2D eigenvalue weighted by molar-refractivity contribution is -0.123. The van der Waals surface area contributed by atoms with Crippen molar-refractivity contribution in [2.45, 2.75) is 28.7 Å². The summed E-state index contributed by atoms with van der Waals surface area (Å²) in [7, 11) is 0. The number of hydrogen-bond acceptors (Lipinski definition) is 3. The van der Waals surface area contributed by atoms with Gasteiger partial charge in [0.25, 0.3) is 5.91 Å². The monoisotopic (exact) mass is 551 g/mol. The smallest absolute Gasteiger partial charge is 0.265 e. The Bertz CT molecular complexity index is 1700. The molecule has 0 spiro atoms. The van der Waals surface area contributed by atoms with Crippen molar-refractivity contribution in [1.29, 1.82) is 0 Å². The van der Waals surface area contributed by atoms with Crippen LogP contribution in [0, 0.1) is 0 Å². The number of thioether (sulfide) groups is 1. The zero-order valence-electron chi connectivity index (χ0n) is 22.5. The Balaban J connectivity index is 1.51. The van der Waals surface area contributed by atoms with Crippen LogP contribution in [0.2, 0.25) is 0 Å². The van der Waals surface area contributed by atoms with Gasteiger partial charge in [-0.25, -0.2) is 0 Å². The Morgan fingerprint density at radius 1 is 0.707 bits per heavy atom. The highest BCUT2D eigenvalue weighted by Gasteiger charge is 2.53. The number of carbonyl (C=O) groups is 1. The van der Waals surface area contributed by atoms with Crippen molar-refractivity contribution in [2.24, 2.45) is 0 Å². The lowest BCUT2D eigenvalue weighted by Crippen LogP contribution is -2.55. The number of ether oxygens (including phenoxy) is 1. The molecule has 5 aromatic carbocycles. The molecule has 5 aromatic rings. The minimum Gasteiger partial charge on any atom is -0.466 e. The normalized spacial score (nSPS) is 20.0. The first-order valence-electron chi connectivity index (χ1n) is 14.0. The number of nitrogens with zero attached hydrogens (tertiary/aromatic N) is 1. The van der Waals surface area contributed by atoms with Crippen LogP contribution in [-0.2, 0) is 21.7 Å². The van der Waals surface area contributed by atoms with Crippen molar-refractivity contribution in [3.63, 3.8) is 0 Å². The van der Waals surface area contributed by atoms with Crippen LogP contribution in [0.4, 0.5) is 5.69 Å². The molecular formula is C37H29NO2S. The molecule has 2 aliphatic heterocycles. The van der Waals surface area contributed by atoms with Crippen LogP contribution in [-0.4, -0.2) is 5.91 Å². The summed E-state index contributed by atoms with van der Waals surface area (Å²) in [4.78, 5) is 18.1. The zero-order chi connectivity index (χ0) is 27.6. The molecule has 2 aliphatic rings. The summed E-state index contributed by atoms with van der Waals surface area (Å²) >= 11 is 1.80. The first kappa shape index (κ1) is 25.4. The van der Waals surface area contributed by atoms with Gasteiger partial charge in [-0.05, 0) is 28.8 Å². The minimum absolute atomic E-state index is 0.0426. The van der Waals surface area contributed by atoms with Gasteiger partial charge in [-0.2, -0.15) is 0 Å². The summed E-state index contributed by atoms with van der Waals surface area (Å²) in [6.45, 7) is 0. The molecule has 0 saturated heterocycles. The fraction of sp³-hybridized carbons (Fsp3) is 0.108. The largest absolute Gasteiger partial charge is 0.466 e.